The molecule has 0 atom stereocenters. The van der Waals surface area contributed by atoms with Crippen molar-refractivity contribution in [3.8, 4) is 11.4 Å². The van der Waals surface area contributed by atoms with Gasteiger partial charge in [0.1, 0.15) is 0 Å². The lowest BCUT2D eigenvalue weighted by molar-refractivity contribution is 0.0690. The zero-order valence-electron chi connectivity index (χ0n) is 8.69. The second-order valence-electron chi connectivity index (χ2n) is 3.35. The highest BCUT2D eigenvalue weighted by Crippen LogP contribution is 2.26. The molecule has 0 radical (unpaired) electrons. The highest BCUT2D eigenvalue weighted by atomic mass is 35.5. The van der Waals surface area contributed by atoms with E-state index in [9.17, 15) is 4.79 Å². The molecule has 0 aliphatic heterocycles. The predicted octanol–water partition coefficient (Wildman–Crippen LogP) is 3.80. The molecule has 0 aliphatic carbocycles. The Kier molecular flexibility index (Phi) is 3.71. The van der Waals surface area contributed by atoms with Gasteiger partial charge in [0, 0.05) is 15.6 Å². The number of nitrogens with zero attached hydrogens (tertiary/aromatic N) is 2. The molecule has 4 nitrogen and oxygen atoms in total. The first kappa shape index (κ1) is 13.1. The van der Waals surface area contributed by atoms with E-state index >= 15 is 0 Å². The molecule has 7 heteroatoms. The third-order valence-corrected chi connectivity index (χ3v) is 2.78. The monoisotopic (exact) mass is 302 g/mol. The number of carboxylic acid groups (broad SMARTS) is 1. The molecule has 2 aromatic rings. The van der Waals surface area contributed by atoms with Crippen molar-refractivity contribution in [1.29, 1.82) is 0 Å². The summed E-state index contributed by atoms with van der Waals surface area (Å²) in [4.78, 5) is 18.7. The Morgan fingerprint density at radius 3 is 2.28 bits per heavy atom. The second kappa shape index (κ2) is 5.10. The normalized spacial score (nSPS) is 10.4. The average molecular weight is 304 g/mol. The van der Waals surface area contributed by atoms with Crippen LogP contribution < -0.4 is 0 Å². The van der Waals surface area contributed by atoms with Crippen LogP contribution in [0.4, 0.5) is 0 Å². The van der Waals surface area contributed by atoms with Crippen LogP contribution in [0.15, 0.2) is 24.4 Å². The average Bonchev–Trinajstić information content (AvgIpc) is 2.27. The minimum atomic E-state index is -1.23. The van der Waals surface area contributed by atoms with Gasteiger partial charge in [-0.05, 0) is 18.2 Å². The molecule has 0 unspecified atom stereocenters. The minimum Gasteiger partial charge on any atom is -0.476 e. The van der Waals surface area contributed by atoms with Crippen molar-refractivity contribution in [2.45, 2.75) is 0 Å². The Labute approximate surface area is 117 Å². The standard InChI is InChI=1S/C11H5Cl3N2O2/c12-6-1-5(2-7(13)3-6)10-15-4-8(14)9(16-10)11(17)18/h1-4H,(H,17,18). The zero-order valence-corrected chi connectivity index (χ0v) is 11.0. The van der Waals surface area contributed by atoms with Crippen LogP contribution in [0.3, 0.4) is 0 Å². The molecule has 18 heavy (non-hydrogen) atoms. The van der Waals surface area contributed by atoms with Gasteiger partial charge in [0.2, 0.25) is 0 Å². The van der Waals surface area contributed by atoms with Crippen LogP contribution in [-0.4, -0.2) is 21.0 Å². The van der Waals surface area contributed by atoms with Gasteiger partial charge in [0.05, 0.1) is 11.2 Å². The van der Waals surface area contributed by atoms with E-state index in [1.54, 1.807) is 18.2 Å². The summed E-state index contributed by atoms with van der Waals surface area (Å²) >= 11 is 17.4. The van der Waals surface area contributed by atoms with Crippen molar-refractivity contribution in [3.63, 3.8) is 0 Å². The Morgan fingerprint density at radius 1 is 1.11 bits per heavy atom. The lowest BCUT2D eigenvalue weighted by Gasteiger charge is -2.04. The minimum absolute atomic E-state index is 0.0284. The molecule has 0 fully saturated rings. The van der Waals surface area contributed by atoms with E-state index in [2.05, 4.69) is 9.97 Å². The van der Waals surface area contributed by atoms with E-state index in [0.29, 0.717) is 15.6 Å². The number of rotatable bonds is 2. The van der Waals surface area contributed by atoms with Crippen LogP contribution in [0.5, 0.6) is 0 Å². The molecule has 0 saturated heterocycles. The van der Waals surface area contributed by atoms with Crippen LogP contribution in [0.1, 0.15) is 10.5 Å². The van der Waals surface area contributed by atoms with Gasteiger partial charge in [-0.3, -0.25) is 0 Å². The summed E-state index contributed by atoms with van der Waals surface area (Å²) in [7, 11) is 0. The van der Waals surface area contributed by atoms with E-state index in [4.69, 9.17) is 39.9 Å². The summed E-state index contributed by atoms with van der Waals surface area (Å²) in [5, 5.41) is 9.71. The first-order chi connectivity index (χ1) is 8.47. The first-order valence-corrected chi connectivity index (χ1v) is 5.83. The molecule has 1 heterocycles. The van der Waals surface area contributed by atoms with Crippen molar-refractivity contribution >= 4 is 40.8 Å². The lowest BCUT2D eigenvalue weighted by Crippen LogP contribution is -2.04. The fourth-order valence-corrected chi connectivity index (χ4v) is 2.04. The summed E-state index contributed by atoms with van der Waals surface area (Å²) in [6.45, 7) is 0. The van der Waals surface area contributed by atoms with Gasteiger partial charge < -0.3 is 5.11 Å². The van der Waals surface area contributed by atoms with E-state index in [1.807, 2.05) is 0 Å². The smallest absolute Gasteiger partial charge is 0.356 e. The highest BCUT2D eigenvalue weighted by Gasteiger charge is 2.14. The number of hydrogen-bond donors (Lipinski definition) is 1. The van der Waals surface area contributed by atoms with Gasteiger partial charge in [0.25, 0.3) is 0 Å². The number of hydrogen-bond acceptors (Lipinski definition) is 3. The van der Waals surface area contributed by atoms with Gasteiger partial charge in [-0.2, -0.15) is 0 Å². The second-order valence-corrected chi connectivity index (χ2v) is 4.63. The van der Waals surface area contributed by atoms with Gasteiger partial charge in [0.15, 0.2) is 11.5 Å². The molecule has 0 bridgehead atoms. The topological polar surface area (TPSA) is 63.1 Å². The summed E-state index contributed by atoms with van der Waals surface area (Å²) in [6, 6.07) is 4.73. The Bertz CT molecular complexity index is 611. The Morgan fingerprint density at radius 2 is 1.72 bits per heavy atom. The van der Waals surface area contributed by atoms with E-state index < -0.39 is 5.97 Å². The van der Waals surface area contributed by atoms with Crippen molar-refractivity contribution in [1.82, 2.24) is 9.97 Å². The fourth-order valence-electron chi connectivity index (χ4n) is 1.34. The largest absolute Gasteiger partial charge is 0.476 e. The third kappa shape index (κ3) is 2.72. The molecular formula is C11H5Cl3N2O2. The number of halogens is 3. The number of aromatic nitrogens is 2. The van der Waals surface area contributed by atoms with Crippen molar-refractivity contribution in [2.75, 3.05) is 0 Å². The lowest BCUT2D eigenvalue weighted by atomic mass is 10.2. The molecule has 0 saturated carbocycles. The molecule has 2 rings (SSSR count). The summed E-state index contributed by atoms with van der Waals surface area (Å²) in [5.74, 6) is -1.03. The summed E-state index contributed by atoms with van der Waals surface area (Å²) in [6.07, 6.45) is 1.22. The Hall–Kier alpha value is -1.36. The van der Waals surface area contributed by atoms with E-state index in [0.717, 1.165) is 0 Å². The molecule has 0 spiro atoms. The van der Waals surface area contributed by atoms with Crippen LogP contribution in [0.2, 0.25) is 15.1 Å². The Balaban J connectivity index is 2.57. The van der Waals surface area contributed by atoms with Gasteiger partial charge in [-0.15, -0.1) is 0 Å². The van der Waals surface area contributed by atoms with Gasteiger partial charge in [-0.1, -0.05) is 34.8 Å². The molecule has 1 aromatic heterocycles. The quantitative estimate of drug-likeness (QED) is 0.916. The summed E-state index contributed by atoms with van der Waals surface area (Å²) < 4.78 is 0. The maximum atomic E-state index is 10.9. The zero-order chi connectivity index (χ0) is 13.3. The predicted molar refractivity (Wildman–Crippen MR) is 69.5 cm³/mol. The molecule has 92 valence electrons. The van der Waals surface area contributed by atoms with Crippen molar-refractivity contribution in [2.24, 2.45) is 0 Å². The molecule has 1 aromatic carbocycles. The molecule has 0 aliphatic rings. The first-order valence-electron chi connectivity index (χ1n) is 4.69. The molecule has 1 N–H and O–H groups in total. The van der Waals surface area contributed by atoms with Gasteiger partial charge >= 0.3 is 5.97 Å². The maximum Gasteiger partial charge on any atom is 0.356 e. The number of carboxylic acids is 1. The third-order valence-electron chi connectivity index (χ3n) is 2.07. The van der Waals surface area contributed by atoms with Crippen LogP contribution in [0.25, 0.3) is 11.4 Å². The SMILES string of the molecule is O=C(O)c1nc(-c2cc(Cl)cc(Cl)c2)ncc1Cl. The van der Waals surface area contributed by atoms with Crippen molar-refractivity contribution in [3.05, 3.63) is 45.2 Å². The number of carbonyl (C=O) groups is 1. The highest BCUT2D eigenvalue weighted by molar-refractivity contribution is 6.35. The maximum absolute atomic E-state index is 10.9. The van der Waals surface area contributed by atoms with Crippen LogP contribution in [-0.2, 0) is 0 Å². The van der Waals surface area contributed by atoms with Crippen molar-refractivity contribution < 1.29 is 9.90 Å². The van der Waals surface area contributed by atoms with Crippen LogP contribution >= 0.6 is 34.8 Å². The van der Waals surface area contributed by atoms with E-state index in [-0.39, 0.29) is 16.5 Å². The molecular weight excluding hydrogens is 298 g/mol. The number of benzene rings is 1. The number of aromatic carboxylic acids is 1. The molecule has 0 amide bonds. The van der Waals surface area contributed by atoms with Crippen LogP contribution in [0, 0.1) is 0 Å². The fraction of sp³-hybridized carbons (Fsp3) is 0. The summed E-state index contributed by atoms with van der Waals surface area (Å²) in [5.41, 5.74) is 0.254. The van der Waals surface area contributed by atoms with Gasteiger partial charge in [-0.25, -0.2) is 14.8 Å². The van der Waals surface area contributed by atoms with E-state index in [1.165, 1.54) is 6.20 Å².